The molecule has 0 saturated carbocycles. The number of phenols is 6. The molecule has 0 spiro atoms. The monoisotopic (exact) mass is 592 g/mol. The van der Waals surface area contributed by atoms with Crippen molar-refractivity contribution in [2.45, 2.75) is 52.9 Å². The summed E-state index contributed by atoms with van der Waals surface area (Å²) in [5.41, 5.74) is 7.89. The molecular formula is C38H40O6. The van der Waals surface area contributed by atoms with Crippen molar-refractivity contribution in [3.05, 3.63) is 141 Å². The first-order valence-electron chi connectivity index (χ1n) is 14.4. The third kappa shape index (κ3) is 7.45. The molecule has 5 aromatic carbocycles. The Labute approximate surface area is 258 Å². The van der Waals surface area contributed by atoms with Gasteiger partial charge in [-0.1, -0.05) is 73.5 Å². The summed E-state index contributed by atoms with van der Waals surface area (Å²) in [6, 6.07) is 26.2. The molecule has 0 aliphatic rings. The molecule has 5 rings (SSSR count). The third-order valence-corrected chi connectivity index (χ3v) is 8.01. The molecular weight excluding hydrogens is 552 g/mol. The fourth-order valence-electron chi connectivity index (χ4n) is 5.34. The van der Waals surface area contributed by atoms with Crippen molar-refractivity contribution in [1.29, 1.82) is 0 Å². The normalized spacial score (nSPS) is 11.1. The van der Waals surface area contributed by atoms with E-state index in [2.05, 4.69) is 0 Å². The second-order valence-electron chi connectivity index (χ2n) is 11.9. The lowest BCUT2D eigenvalue weighted by molar-refractivity contribution is 0.436. The van der Waals surface area contributed by atoms with E-state index in [4.69, 9.17) is 0 Å². The van der Waals surface area contributed by atoms with E-state index in [0.29, 0.717) is 12.8 Å². The largest absolute Gasteiger partial charge is 0.508 e. The molecule has 0 amide bonds. The molecule has 6 N–H and O–H groups in total. The Morgan fingerprint density at radius 3 is 1.50 bits per heavy atom. The van der Waals surface area contributed by atoms with Crippen LogP contribution in [0.5, 0.6) is 34.5 Å². The fraction of sp³-hybridized carbons (Fsp3) is 0.211. The molecule has 5 aromatic rings. The predicted molar refractivity (Wildman–Crippen MR) is 174 cm³/mol. The lowest BCUT2D eigenvalue weighted by Gasteiger charge is -2.27. The summed E-state index contributed by atoms with van der Waals surface area (Å²) in [4.78, 5) is 0. The Morgan fingerprint density at radius 1 is 0.455 bits per heavy atom. The minimum Gasteiger partial charge on any atom is -0.508 e. The topological polar surface area (TPSA) is 121 Å². The Hall–Kier alpha value is -5.10. The molecule has 0 fully saturated rings. The maximum atomic E-state index is 10.5. The van der Waals surface area contributed by atoms with Gasteiger partial charge in [0.1, 0.15) is 34.5 Å². The van der Waals surface area contributed by atoms with Crippen LogP contribution in [0.3, 0.4) is 0 Å². The van der Waals surface area contributed by atoms with Gasteiger partial charge in [0.15, 0.2) is 0 Å². The van der Waals surface area contributed by atoms with Crippen LogP contribution in [-0.4, -0.2) is 30.6 Å². The summed E-state index contributed by atoms with van der Waals surface area (Å²) >= 11 is 0. The van der Waals surface area contributed by atoms with Gasteiger partial charge in [0.25, 0.3) is 0 Å². The first kappa shape index (κ1) is 31.8. The zero-order chi connectivity index (χ0) is 32.2. The van der Waals surface area contributed by atoms with Crippen LogP contribution in [0.2, 0.25) is 0 Å². The van der Waals surface area contributed by atoms with Crippen LogP contribution in [0.25, 0.3) is 0 Å². The van der Waals surface area contributed by atoms with Crippen molar-refractivity contribution >= 4 is 0 Å². The summed E-state index contributed by atoms with van der Waals surface area (Å²) in [5, 5.41) is 59.2. The molecule has 6 heteroatoms. The number of benzene rings is 5. The van der Waals surface area contributed by atoms with Gasteiger partial charge in [-0.2, -0.15) is 0 Å². The maximum Gasteiger partial charge on any atom is 0.123 e. The number of aromatic hydroxyl groups is 6. The molecule has 0 heterocycles. The molecule has 0 saturated heterocycles. The van der Waals surface area contributed by atoms with Gasteiger partial charge in [-0.15, -0.1) is 0 Å². The highest BCUT2D eigenvalue weighted by molar-refractivity contribution is 5.50. The molecule has 0 radical (unpaired) electrons. The van der Waals surface area contributed by atoms with Gasteiger partial charge in [0, 0.05) is 29.9 Å². The first-order chi connectivity index (χ1) is 20.7. The number of aryl methyl sites for hydroxylation is 3. The molecule has 0 aliphatic carbocycles. The summed E-state index contributed by atoms with van der Waals surface area (Å²) in [5.74, 6) is 1.03. The number of phenolic OH excluding ortho intramolecular Hbond substituents is 6. The SMILES string of the molecule is CC(C)(c1ccc(O)cc1)c1ccc(O)cc1O.Cc1ccc(O)c(Cc2cc(O)c(Cc3cc(C)ccc3O)cc2C)c1. The smallest absolute Gasteiger partial charge is 0.123 e. The van der Waals surface area contributed by atoms with Crippen LogP contribution in [0, 0.1) is 20.8 Å². The first-order valence-corrected chi connectivity index (χ1v) is 14.4. The molecule has 6 nitrogen and oxygen atoms in total. The number of hydrogen-bond acceptors (Lipinski definition) is 6. The van der Waals surface area contributed by atoms with Crippen LogP contribution in [0.4, 0.5) is 0 Å². The second kappa shape index (κ2) is 13.0. The lowest BCUT2D eigenvalue weighted by atomic mass is 9.77. The van der Waals surface area contributed by atoms with Crippen LogP contribution < -0.4 is 0 Å². The quantitative estimate of drug-likeness (QED) is 0.119. The third-order valence-electron chi connectivity index (χ3n) is 8.01. The average molecular weight is 593 g/mol. The molecule has 44 heavy (non-hydrogen) atoms. The lowest BCUT2D eigenvalue weighted by Crippen LogP contribution is -2.18. The molecule has 0 bridgehead atoms. The van der Waals surface area contributed by atoms with Crippen molar-refractivity contribution in [1.82, 2.24) is 0 Å². The highest BCUT2D eigenvalue weighted by atomic mass is 16.3. The summed E-state index contributed by atoms with van der Waals surface area (Å²) in [6.07, 6.45) is 1.03. The van der Waals surface area contributed by atoms with E-state index in [1.165, 1.54) is 6.07 Å². The second-order valence-corrected chi connectivity index (χ2v) is 11.9. The van der Waals surface area contributed by atoms with Crippen molar-refractivity contribution in [2.24, 2.45) is 0 Å². The van der Waals surface area contributed by atoms with Gasteiger partial charge >= 0.3 is 0 Å². The Bertz CT molecular complexity index is 1690. The van der Waals surface area contributed by atoms with Gasteiger partial charge in [-0.05, 0) is 90.6 Å². The van der Waals surface area contributed by atoms with E-state index in [1.54, 1.807) is 42.5 Å². The minimum absolute atomic E-state index is 0.0396. The predicted octanol–water partition coefficient (Wildman–Crippen LogP) is 8.04. The summed E-state index contributed by atoms with van der Waals surface area (Å²) < 4.78 is 0. The summed E-state index contributed by atoms with van der Waals surface area (Å²) in [7, 11) is 0. The van der Waals surface area contributed by atoms with E-state index >= 15 is 0 Å². The van der Waals surface area contributed by atoms with E-state index in [-0.39, 0.29) is 34.5 Å². The van der Waals surface area contributed by atoms with Gasteiger partial charge in [0.2, 0.25) is 0 Å². The van der Waals surface area contributed by atoms with Crippen molar-refractivity contribution < 1.29 is 30.6 Å². The van der Waals surface area contributed by atoms with E-state index < -0.39 is 5.41 Å². The van der Waals surface area contributed by atoms with E-state index in [1.807, 2.05) is 77.1 Å². The zero-order valence-corrected chi connectivity index (χ0v) is 25.8. The van der Waals surface area contributed by atoms with Crippen molar-refractivity contribution in [3.8, 4) is 34.5 Å². The highest BCUT2D eigenvalue weighted by Crippen LogP contribution is 2.38. The maximum absolute atomic E-state index is 10.5. The fourth-order valence-corrected chi connectivity index (χ4v) is 5.34. The Balaban J connectivity index is 0.000000215. The number of hydrogen-bond donors (Lipinski definition) is 6. The molecule has 0 aliphatic heterocycles. The molecule has 0 atom stereocenters. The standard InChI is InChI=1S/C23H24O3.C15H16O3/c1-14-4-6-21(24)18(8-14)11-17-13-23(26)20(10-16(17)3)12-19-9-15(2)5-7-22(19)25;1-15(2,10-3-5-11(16)6-4-10)13-8-7-12(17)9-14(13)18/h4-10,13,24-26H,11-12H2,1-3H3;3-9,16-18H,1-2H3. The molecule has 228 valence electrons. The van der Waals surface area contributed by atoms with Gasteiger partial charge in [0.05, 0.1) is 0 Å². The van der Waals surface area contributed by atoms with Gasteiger partial charge in [-0.3, -0.25) is 0 Å². The Morgan fingerprint density at radius 2 is 0.955 bits per heavy atom. The zero-order valence-electron chi connectivity index (χ0n) is 25.8. The Kier molecular flexibility index (Phi) is 9.43. The van der Waals surface area contributed by atoms with Crippen molar-refractivity contribution in [3.63, 3.8) is 0 Å². The van der Waals surface area contributed by atoms with Gasteiger partial charge in [-0.25, -0.2) is 0 Å². The van der Waals surface area contributed by atoms with Crippen molar-refractivity contribution in [2.75, 3.05) is 0 Å². The van der Waals surface area contributed by atoms with Crippen LogP contribution in [0.15, 0.2) is 91.0 Å². The molecule has 0 unspecified atom stereocenters. The highest BCUT2D eigenvalue weighted by Gasteiger charge is 2.26. The van der Waals surface area contributed by atoms with Crippen LogP contribution >= 0.6 is 0 Å². The van der Waals surface area contributed by atoms with E-state index in [0.717, 1.165) is 50.1 Å². The summed E-state index contributed by atoms with van der Waals surface area (Å²) in [6.45, 7) is 9.92. The van der Waals surface area contributed by atoms with Crippen LogP contribution in [0.1, 0.15) is 63.9 Å². The van der Waals surface area contributed by atoms with Crippen LogP contribution in [-0.2, 0) is 18.3 Å². The minimum atomic E-state index is -0.411. The number of rotatable bonds is 6. The van der Waals surface area contributed by atoms with E-state index in [9.17, 15) is 30.6 Å². The van der Waals surface area contributed by atoms with Gasteiger partial charge < -0.3 is 30.6 Å². The average Bonchev–Trinajstić information content (AvgIpc) is 2.95. The molecule has 0 aromatic heterocycles.